The predicted octanol–water partition coefficient (Wildman–Crippen LogP) is 2.37. The lowest BCUT2D eigenvalue weighted by Crippen LogP contribution is -1.93. The fraction of sp³-hybridized carbons (Fsp3) is 0.250. The number of rotatable bonds is 4. The lowest BCUT2D eigenvalue weighted by Gasteiger charge is -2.04. The number of anilines is 1. The first-order valence-corrected chi connectivity index (χ1v) is 3.78. The fourth-order valence-electron chi connectivity index (χ4n) is 0.871. The van der Waals surface area contributed by atoms with Crippen LogP contribution in [0.15, 0.2) is 29.4 Å². The van der Waals surface area contributed by atoms with Gasteiger partial charge >= 0.3 is 0 Å². The van der Waals surface area contributed by atoms with Crippen molar-refractivity contribution in [3.05, 3.63) is 34.7 Å². The van der Waals surface area contributed by atoms with E-state index in [1.807, 2.05) is 25.2 Å². The molecular weight excluding hydrogens is 168 g/mol. The van der Waals surface area contributed by atoms with Crippen LogP contribution in [0.1, 0.15) is 0 Å². The van der Waals surface area contributed by atoms with Crippen molar-refractivity contribution in [2.75, 3.05) is 19.1 Å². The maximum absolute atomic E-state index is 8.01. The number of ether oxygens (including phenoxy) is 1. The van der Waals surface area contributed by atoms with Crippen LogP contribution in [0.2, 0.25) is 0 Å². The third-order valence-corrected chi connectivity index (χ3v) is 1.47. The molecule has 0 aromatic heterocycles. The first-order valence-electron chi connectivity index (χ1n) is 3.78. The molecule has 0 fully saturated rings. The van der Waals surface area contributed by atoms with Gasteiger partial charge in [-0.1, -0.05) is 11.2 Å². The van der Waals surface area contributed by atoms with E-state index in [4.69, 9.17) is 10.3 Å². The number of hydrogen-bond donors (Lipinski definition) is 1. The van der Waals surface area contributed by atoms with Crippen molar-refractivity contribution in [3.63, 3.8) is 0 Å². The van der Waals surface area contributed by atoms with Gasteiger partial charge in [0, 0.05) is 23.7 Å². The molecule has 0 spiro atoms. The van der Waals surface area contributed by atoms with Crippen molar-refractivity contribution >= 4 is 5.69 Å². The van der Waals surface area contributed by atoms with E-state index >= 15 is 0 Å². The van der Waals surface area contributed by atoms with E-state index in [-0.39, 0.29) is 6.73 Å². The molecule has 0 saturated heterocycles. The molecule has 0 aliphatic carbocycles. The Labute approximate surface area is 76.0 Å². The van der Waals surface area contributed by atoms with E-state index in [2.05, 4.69) is 15.3 Å². The number of nitrogens with zero attached hydrogens (tertiary/aromatic N) is 3. The van der Waals surface area contributed by atoms with Crippen LogP contribution in [0.25, 0.3) is 10.4 Å². The van der Waals surface area contributed by atoms with Crippen molar-refractivity contribution in [3.8, 4) is 5.75 Å². The highest BCUT2D eigenvalue weighted by Crippen LogP contribution is 2.16. The number of azide groups is 1. The van der Waals surface area contributed by atoms with Gasteiger partial charge in [-0.15, -0.1) is 0 Å². The van der Waals surface area contributed by atoms with Crippen LogP contribution >= 0.6 is 0 Å². The minimum Gasteiger partial charge on any atom is -0.487 e. The molecule has 0 aliphatic rings. The van der Waals surface area contributed by atoms with Crippen molar-refractivity contribution in [1.29, 1.82) is 0 Å². The molecule has 0 radical (unpaired) electrons. The van der Waals surface area contributed by atoms with Crippen molar-refractivity contribution in [2.24, 2.45) is 5.11 Å². The highest BCUT2D eigenvalue weighted by Gasteiger charge is 1.92. The largest absolute Gasteiger partial charge is 0.487 e. The molecular formula is C8H10N4O. The summed E-state index contributed by atoms with van der Waals surface area (Å²) < 4.78 is 5.13. The average Bonchev–Trinajstić information content (AvgIpc) is 2.19. The van der Waals surface area contributed by atoms with Crippen molar-refractivity contribution < 1.29 is 4.74 Å². The van der Waals surface area contributed by atoms with E-state index in [1.165, 1.54) is 0 Å². The van der Waals surface area contributed by atoms with Gasteiger partial charge in [0.15, 0.2) is 6.73 Å². The van der Waals surface area contributed by atoms with E-state index in [9.17, 15) is 0 Å². The second-order valence-electron chi connectivity index (χ2n) is 2.28. The van der Waals surface area contributed by atoms with Gasteiger partial charge in [-0.3, -0.25) is 0 Å². The van der Waals surface area contributed by atoms with Crippen molar-refractivity contribution in [2.45, 2.75) is 0 Å². The maximum Gasteiger partial charge on any atom is 0.167 e. The monoisotopic (exact) mass is 178 g/mol. The molecule has 5 nitrogen and oxygen atoms in total. The summed E-state index contributed by atoms with van der Waals surface area (Å²) in [4.78, 5) is 2.58. The lowest BCUT2D eigenvalue weighted by molar-refractivity contribution is 0.329. The van der Waals surface area contributed by atoms with Crippen LogP contribution < -0.4 is 10.1 Å². The zero-order valence-electron chi connectivity index (χ0n) is 7.27. The van der Waals surface area contributed by atoms with Crippen LogP contribution in [0.4, 0.5) is 5.69 Å². The quantitative estimate of drug-likeness (QED) is 0.436. The number of benzene rings is 1. The first kappa shape index (κ1) is 9.22. The molecule has 1 aromatic rings. The SMILES string of the molecule is CNc1cccc(OCN=[N+]=[N-])c1. The third-order valence-electron chi connectivity index (χ3n) is 1.47. The Morgan fingerprint density at radius 3 is 3.15 bits per heavy atom. The van der Waals surface area contributed by atoms with Gasteiger partial charge < -0.3 is 10.1 Å². The molecule has 0 atom stereocenters. The Morgan fingerprint density at radius 2 is 2.46 bits per heavy atom. The molecule has 0 bridgehead atoms. The topological polar surface area (TPSA) is 70.0 Å². The smallest absolute Gasteiger partial charge is 0.167 e. The fourth-order valence-corrected chi connectivity index (χ4v) is 0.871. The van der Waals surface area contributed by atoms with Crippen LogP contribution in [0, 0.1) is 0 Å². The molecule has 5 heteroatoms. The lowest BCUT2D eigenvalue weighted by atomic mass is 10.3. The molecule has 0 heterocycles. The highest BCUT2D eigenvalue weighted by atomic mass is 16.5. The second-order valence-corrected chi connectivity index (χ2v) is 2.28. The van der Waals surface area contributed by atoms with Gasteiger partial charge in [0.25, 0.3) is 0 Å². The van der Waals surface area contributed by atoms with E-state index < -0.39 is 0 Å². The molecule has 68 valence electrons. The summed E-state index contributed by atoms with van der Waals surface area (Å²) in [6.07, 6.45) is 0. The summed E-state index contributed by atoms with van der Waals surface area (Å²) in [5, 5.41) is 6.23. The third kappa shape index (κ3) is 2.92. The molecule has 0 amide bonds. The van der Waals surface area contributed by atoms with Crippen molar-refractivity contribution in [1.82, 2.24) is 0 Å². The Bertz CT molecular complexity index is 320. The Hall–Kier alpha value is -1.87. The standard InChI is InChI=1S/C8H10N4O/c1-10-7-3-2-4-8(5-7)13-6-11-12-9/h2-5,10H,6H2,1H3. The second kappa shape index (κ2) is 4.90. The van der Waals surface area contributed by atoms with E-state index in [0.29, 0.717) is 5.75 Å². The summed E-state index contributed by atoms with van der Waals surface area (Å²) >= 11 is 0. The Morgan fingerprint density at radius 1 is 1.62 bits per heavy atom. The summed E-state index contributed by atoms with van der Waals surface area (Å²) in [6.45, 7) is 0.0175. The minimum absolute atomic E-state index is 0.0175. The van der Waals surface area contributed by atoms with Crippen LogP contribution in [0.5, 0.6) is 5.75 Å². The van der Waals surface area contributed by atoms with E-state index in [1.54, 1.807) is 6.07 Å². The predicted molar refractivity (Wildman–Crippen MR) is 50.6 cm³/mol. The Balaban J connectivity index is 2.60. The summed E-state index contributed by atoms with van der Waals surface area (Å²) in [6, 6.07) is 7.40. The molecule has 0 aliphatic heterocycles. The van der Waals surface area contributed by atoms with Gasteiger partial charge in [0.2, 0.25) is 0 Å². The van der Waals surface area contributed by atoms with Crippen LogP contribution in [0.3, 0.4) is 0 Å². The Kier molecular flexibility index (Phi) is 3.47. The molecule has 1 rings (SSSR count). The normalized spacial score (nSPS) is 8.69. The zero-order chi connectivity index (χ0) is 9.52. The van der Waals surface area contributed by atoms with Crippen LogP contribution in [-0.2, 0) is 0 Å². The molecule has 0 saturated carbocycles. The summed E-state index contributed by atoms with van der Waals surface area (Å²) in [7, 11) is 1.83. The highest BCUT2D eigenvalue weighted by molar-refractivity contribution is 5.47. The average molecular weight is 178 g/mol. The number of hydrogen-bond acceptors (Lipinski definition) is 3. The van der Waals surface area contributed by atoms with Crippen LogP contribution in [-0.4, -0.2) is 13.8 Å². The van der Waals surface area contributed by atoms with Gasteiger partial charge in [-0.25, -0.2) is 0 Å². The summed E-state index contributed by atoms with van der Waals surface area (Å²) in [5.74, 6) is 0.680. The number of nitrogens with one attached hydrogen (secondary N) is 1. The first-order chi connectivity index (χ1) is 6.36. The maximum atomic E-state index is 8.01. The molecule has 0 unspecified atom stereocenters. The van der Waals surface area contributed by atoms with Gasteiger partial charge in [-0.2, -0.15) is 0 Å². The van der Waals surface area contributed by atoms with E-state index in [0.717, 1.165) is 5.69 Å². The minimum atomic E-state index is 0.0175. The zero-order valence-corrected chi connectivity index (χ0v) is 7.27. The molecule has 1 aromatic carbocycles. The van der Waals surface area contributed by atoms with Gasteiger partial charge in [0.1, 0.15) is 5.75 Å². The summed E-state index contributed by atoms with van der Waals surface area (Å²) in [5.41, 5.74) is 8.97. The van der Waals surface area contributed by atoms with Gasteiger partial charge in [0.05, 0.1) is 0 Å². The van der Waals surface area contributed by atoms with Gasteiger partial charge in [-0.05, 0) is 17.7 Å². The molecule has 13 heavy (non-hydrogen) atoms. The molecule has 1 N–H and O–H groups in total.